The number of alkyl halides is 3. The monoisotopic (exact) mass is 599 g/mol. The molecule has 9 nitrogen and oxygen atoms in total. The second-order valence-electron chi connectivity index (χ2n) is 12.4. The van der Waals surface area contributed by atoms with E-state index in [1.165, 1.54) is 0 Å². The van der Waals surface area contributed by atoms with Crippen LogP contribution in [0, 0.1) is 5.92 Å². The summed E-state index contributed by atoms with van der Waals surface area (Å²) in [6, 6.07) is 6.60. The topological polar surface area (TPSA) is 102 Å². The van der Waals surface area contributed by atoms with Crippen LogP contribution in [0.3, 0.4) is 0 Å². The van der Waals surface area contributed by atoms with Gasteiger partial charge < -0.3 is 24.8 Å². The molecular weight excluding hydrogens is 555 g/mol. The highest BCUT2D eigenvalue weighted by Crippen LogP contribution is 2.36. The van der Waals surface area contributed by atoms with Crippen molar-refractivity contribution in [2.75, 3.05) is 36.6 Å². The lowest BCUT2D eigenvalue weighted by atomic mass is 9.95. The molecule has 0 bridgehead atoms. The summed E-state index contributed by atoms with van der Waals surface area (Å²) in [5, 5.41) is 16.5. The van der Waals surface area contributed by atoms with Gasteiger partial charge in [0.2, 0.25) is 11.8 Å². The molecule has 41 heavy (non-hydrogen) atoms. The largest absolute Gasteiger partial charge is 0.481 e. The predicted molar refractivity (Wildman–Crippen MR) is 156 cm³/mol. The molecule has 0 spiro atoms. The molecule has 0 saturated carbocycles. The second-order valence-corrected chi connectivity index (χ2v) is 18.0. The summed E-state index contributed by atoms with van der Waals surface area (Å²) >= 11 is 0. The quantitative estimate of drug-likeness (QED) is 0.186. The van der Waals surface area contributed by atoms with E-state index in [-0.39, 0.29) is 31.1 Å². The molecule has 1 aliphatic heterocycles. The molecular formula is C28H44F3N5O4Si. The minimum Gasteiger partial charge on any atom is -0.481 e. The van der Waals surface area contributed by atoms with Crippen LogP contribution in [0.1, 0.15) is 57.3 Å². The average Bonchev–Trinajstić information content (AvgIpc) is 3.28. The van der Waals surface area contributed by atoms with Crippen molar-refractivity contribution in [3.05, 3.63) is 29.6 Å². The summed E-state index contributed by atoms with van der Waals surface area (Å²) in [5.41, 5.74) is 2.07. The smallest absolute Gasteiger partial charge is 0.451 e. The molecule has 0 amide bonds. The zero-order valence-electron chi connectivity index (χ0n) is 24.9. The van der Waals surface area contributed by atoms with Crippen molar-refractivity contribution < 1.29 is 32.5 Å². The first-order valence-electron chi connectivity index (χ1n) is 14.2. The van der Waals surface area contributed by atoms with E-state index in [2.05, 4.69) is 53.8 Å². The molecule has 1 aromatic carbocycles. The van der Waals surface area contributed by atoms with Gasteiger partial charge in [0.05, 0.1) is 17.8 Å². The van der Waals surface area contributed by atoms with Crippen molar-refractivity contribution in [2.24, 2.45) is 5.92 Å². The first-order chi connectivity index (χ1) is 19.1. The van der Waals surface area contributed by atoms with Crippen LogP contribution in [-0.4, -0.2) is 66.3 Å². The highest BCUT2D eigenvalue weighted by Gasteiger charge is 2.38. The molecule has 2 aromatic rings. The number of halogens is 3. The van der Waals surface area contributed by atoms with Crippen LogP contribution in [0.2, 0.25) is 25.7 Å². The zero-order chi connectivity index (χ0) is 30.4. The van der Waals surface area contributed by atoms with E-state index >= 15 is 0 Å². The molecule has 3 rings (SSSR count). The fourth-order valence-corrected chi connectivity index (χ4v) is 5.53. The molecule has 1 aliphatic rings. The highest BCUT2D eigenvalue weighted by atomic mass is 28.3. The van der Waals surface area contributed by atoms with Crippen molar-refractivity contribution in [3.8, 4) is 0 Å². The Bertz CT molecular complexity index is 1150. The number of carboxylic acids is 1. The van der Waals surface area contributed by atoms with Gasteiger partial charge in [-0.1, -0.05) is 46.5 Å². The maximum atomic E-state index is 13.9. The molecule has 1 aromatic heterocycles. The Morgan fingerprint density at radius 2 is 1.93 bits per heavy atom. The Labute approximate surface area is 241 Å². The van der Waals surface area contributed by atoms with Crippen LogP contribution in [-0.2, 0) is 27.2 Å². The molecule has 2 N–H and O–H groups in total. The first kappa shape index (κ1) is 32.9. The number of hydrogen-bond donors (Lipinski definition) is 2. The summed E-state index contributed by atoms with van der Waals surface area (Å²) in [7, 11) is -1.41. The van der Waals surface area contributed by atoms with Crippen molar-refractivity contribution in [1.29, 1.82) is 0 Å². The van der Waals surface area contributed by atoms with Gasteiger partial charge in [0.25, 0.3) is 0 Å². The number of rotatable bonds is 14. The Morgan fingerprint density at radius 1 is 1.24 bits per heavy atom. The Hall–Kier alpha value is -2.64. The van der Waals surface area contributed by atoms with Gasteiger partial charge in [0.15, 0.2) is 0 Å². The number of nitrogens with one attached hydrogen (secondary N) is 1. The maximum absolute atomic E-state index is 13.9. The predicted octanol–water partition coefficient (Wildman–Crippen LogP) is 6.57. The molecule has 1 atom stereocenters. The maximum Gasteiger partial charge on any atom is 0.451 e. The van der Waals surface area contributed by atoms with Gasteiger partial charge in [-0.2, -0.15) is 18.2 Å². The molecule has 0 aliphatic carbocycles. The van der Waals surface area contributed by atoms with Gasteiger partial charge in [0.1, 0.15) is 6.73 Å². The van der Waals surface area contributed by atoms with E-state index in [0.717, 1.165) is 41.4 Å². The number of aromatic nitrogens is 3. The first-order valence-corrected chi connectivity index (χ1v) is 17.9. The second kappa shape index (κ2) is 14.0. The highest BCUT2D eigenvalue weighted by molar-refractivity contribution is 6.76. The summed E-state index contributed by atoms with van der Waals surface area (Å²) < 4.78 is 53.6. The number of carbonyl (C=O) groups is 1. The summed E-state index contributed by atoms with van der Waals surface area (Å²) in [5.74, 6) is -2.26. The molecule has 1 saturated heterocycles. The van der Waals surface area contributed by atoms with Gasteiger partial charge in [-0.3, -0.25) is 4.79 Å². The van der Waals surface area contributed by atoms with Crippen molar-refractivity contribution >= 4 is 31.4 Å². The third kappa shape index (κ3) is 9.99. The fraction of sp³-hybridized carbons (Fsp3) is 0.679. The average molecular weight is 600 g/mol. The van der Waals surface area contributed by atoms with Crippen LogP contribution < -0.4 is 10.2 Å². The lowest BCUT2D eigenvalue weighted by Crippen LogP contribution is -2.42. The molecule has 0 radical (unpaired) electrons. The van der Waals surface area contributed by atoms with E-state index in [9.17, 15) is 23.1 Å². The zero-order valence-corrected chi connectivity index (χ0v) is 25.9. The Kier molecular flexibility index (Phi) is 11.2. The molecule has 2 heterocycles. The Morgan fingerprint density at radius 3 is 2.51 bits per heavy atom. The van der Waals surface area contributed by atoms with E-state index in [1.54, 1.807) is 6.07 Å². The van der Waals surface area contributed by atoms with Gasteiger partial charge in [-0.15, -0.1) is 5.10 Å². The number of aliphatic carboxylic acids is 1. The fourth-order valence-electron chi connectivity index (χ4n) is 4.77. The standard InChI is InChI=1S/C28H44F3N5O4Si/c1-19(2)17-35(22-9-11-39-12-10-22)24-8-7-21(20(3)15-25(37)38)16-23(24)32-27-33-26(28(29,30)31)36(34-27)18-40-13-14-41(4,5)6/h7-8,16,19-20,22H,9-15,17-18H2,1-6H3,(H,32,34)(H,37,38). The van der Waals surface area contributed by atoms with Crippen LogP contribution in [0.4, 0.5) is 30.5 Å². The number of hydrogen-bond acceptors (Lipinski definition) is 7. The van der Waals surface area contributed by atoms with E-state index in [1.807, 2.05) is 19.1 Å². The SMILES string of the molecule is CC(C)CN(c1ccc(C(C)CC(=O)O)cc1Nc1nc(C(F)(F)F)n(COCC[Si](C)(C)C)n1)C1CCOCC1. The summed E-state index contributed by atoms with van der Waals surface area (Å²) in [4.78, 5) is 17.5. The van der Waals surface area contributed by atoms with E-state index < -0.39 is 26.0 Å². The molecule has 1 unspecified atom stereocenters. The van der Waals surface area contributed by atoms with Crippen LogP contribution in [0.15, 0.2) is 18.2 Å². The third-order valence-corrected chi connectivity index (χ3v) is 8.66. The van der Waals surface area contributed by atoms with Gasteiger partial charge >= 0.3 is 12.1 Å². The van der Waals surface area contributed by atoms with Gasteiger partial charge in [-0.25, -0.2) is 4.68 Å². The van der Waals surface area contributed by atoms with Gasteiger partial charge in [0, 0.05) is 40.5 Å². The minimum absolute atomic E-state index is 0.0751. The summed E-state index contributed by atoms with van der Waals surface area (Å²) in [6.07, 6.45) is -3.15. The third-order valence-electron chi connectivity index (χ3n) is 6.96. The molecule has 13 heteroatoms. The van der Waals surface area contributed by atoms with Crippen LogP contribution in [0.5, 0.6) is 0 Å². The minimum atomic E-state index is -4.72. The number of nitrogens with zero attached hydrogens (tertiary/aromatic N) is 4. The van der Waals surface area contributed by atoms with E-state index in [4.69, 9.17) is 9.47 Å². The number of ether oxygens (including phenoxy) is 2. The molecule has 230 valence electrons. The van der Waals surface area contributed by atoms with Crippen molar-refractivity contribution in [2.45, 2.75) is 90.6 Å². The van der Waals surface area contributed by atoms with Crippen molar-refractivity contribution in [3.63, 3.8) is 0 Å². The lowest BCUT2D eigenvalue weighted by Gasteiger charge is -2.38. The number of anilines is 3. The van der Waals surface area contributed by atoms with Crippen molar-refractivity contribution in [1.82, 2.24) is 14.8 Å². The summed E-state index contributed by atoms with van der Waals surface area (Å²) in [6.45, 7) is 14.5. The lowest BCUT2D eigenvalue weighted by molar-refractivity contribution is -0.150. The molecule has 1 fully saturated rings. The Balaban J connectivity index is 1.99. The number of benzene rings is 1. The van der Waals surface area contributed by atoms with Crippen LogP contribution >= 0.6 is 0 Å². The normalized spacial score (nSPS) is 15.8. The van der Waals surface area contributed by atoms with Crippen LogP contribution in [0.25, 0.3) is 0 Å². The van der Waals surface area contributed by atoms with E-state index in [0.29, 0.717) is 31.4 Å². The van der Waals surface area contributed by atoms with Gasteiger partial charge in [-0.05, 0) is 48.4 Å². The number of carboxylic acid groups (broad SMARTS) is 1.